The zero-order chi connectivity index (χ0) is 22.8. The molecule has 2 aliphatic rings. The first-order chi connectivity index (χ1) is 15.4. The van der Waals surface area contributed by atoms with E-state index in [2.05, 4.69) is 5.32 Å². The molecule has 1 atom stereocenters. The maximum absolute atomic E-state index is 13.6. The number of imide groups is 1. The summed E-state index contributed by atoms with van der Waals surface area (Å²) >= 11 is 0. The number of anilines is 2. The number of nitrogens with one attached hydrogen (secondary N) is 1. The topological polar surface area (TPSA) is 90.0 Å². The number of aliphatic hydroxyl groups is 1. The average molecular weight is 434 g/mol. The molecule has 2 heterocycles. The van der Waals surface area contributed by atoms with Gasteiger partial charge >= 0.3 is 0 Å². The van der Waals surface area contributed by atoms with E-state index in [4.69, 9.17) is 0 Å². The number of likely N-dealkylation sites (tertiary alicyclic amines) is 1. The van der Waals surface area contributed by atoms with Crippen LogP contribution >= 0.6 is 0 Å². The van der Waals surface area contributed by atoms with Crippen LogP contribution in [0.3, 0.4) is 0 Å². The zero-order valence-corrected chi connectivity index (χ0v) is 18.3. The van der Waals surface area contributed by atoms with Crippen LogP contribution in [-0.2, 0) is 14.4 Å². The molecule has 1 fully saturated rings. The molecular weight excluding hydrogens is 406 g/mol. The number of piperidine rings is 1. The van der Waals surface area contributed by atoms with Crippen molar-refractivity contribution in [1.82, 2.24) is 4.90 Å². The number of rotatable bonds is 5. The van der Waals surface area contributed by atoms with E-state index in [-0.39, 0.29) is 30.2 Å². The molecule has 2 aromatic rings. The maximum Gasteiger partial charge on any atom is 0.282 e. The monoisotopic (exact) mass is 433 g/mol. The van der Waals surface area contributed by atoms with Gasteiger partial charge in [-0.3, -0.25) is 14.4 Å². The fourth-order valence-corrected chi connectivity index (χ4v) is 4.45. The second-order valence-electron chi connectivity index (χ2n) is 8.35. The van der Waals surface area contributed by atoms with E-state index in [0.29, 0.717) is 41.3 Å². The molecule has 0 saturated carbocycles. The Hall–Kier alpha value is -3.45. The van der Waals surface area contributed by atoms with Crippen LogP contribution in [0.5, 0.6) is 0 Å². The summed E-state index contributed by atoms with van der Waals surface area (Å²) in [6.07, 6.45) is 1.74. The summed E-state index contributed by atoms with van der Waals surface area (Å²) in [5, 5.41) is 12.4. The van der Waals surface area contributed by atoms with Crippen LogP contribution in [0.4, 0.5) is 11.4 Å². The standard InChI is InChI=1S/C25H27N3O4/c1-16-6-3-4-8-21(16)28-24(31)22(19-9-11-20(12-10-19)26-17(2)30)23(25(28)32)27-13-5-7-18(14-27)15-29/h3-4,6,8-12,18,29H,5,7,13-15H2,1-2H3,(H,26,30). The summed E-state index contributed by atoms with van der Waals surface area (Å²) in [5.41, 5.74) is 3.38. The van der Waals surface area contributed by atoms with Crippen LogP contribution in [0.2, 0.25) is 0 Å². The van der Waals surface area contributed by atoms with Crippen molar-refractivity contribution in [2.24, 2.45) is 5.92 Å². The highest BCUT2D eigenvalue weighted by atomic mass is 16.3. The third-order valence-corrected chi connectivity index (χ3v) is 6.00. The van der Waals surface area contributed by atoms with Crippen molar-refractivity contribution in [3.63, 3.8) is 0 Å². The third kappa shape index (κ3) is 4.03. The van der Waals surface area contributed by atoms with Gasteiger partial charge in [-0.05, 0) is 55.0 Å². The van der Waals surface area contributed by atoms with Crippen molar-refractivity contribution in [1.29, 1.82) is 0 Å². The van der Waals surface area contributed by atoms with E-state index >= 15 is 0 Å². The lowest BCUT2D eigenvalue weighted by atomic mass is 9.97. The van der Waals surface area contributed by atoms with Gasteiger partial charge in [-0.25, -0.2) is 4.90 Å². The van der Waals surface area contributed by atoms with Gasteiger partial charge in [-0.2, -0.15) is 0 Å². The Morgan fingerprint density at radius 3 is 2.47 bits per heavy atom. The van der Waals surface area contributed by atoms with Crippen LogP contribution in [0.25, 0.3) is 5.57 Å². The maximum atomic E-state index is 13.6. The van der Waals surface area contributed by atoms with E-state index in [1.165, 1.54) is 11.8 Å². The number of hydrogen-bond acceptors (Lipinski definition) is 5. The summed E-state index contributed by atoms with van der Waals surface area (Å²) < 4.78 is 0. The fourth-order valence-electron chi connectivity index (χ4n) is 4.45. The van der Waals surface area contributed by atoms with Crippen LogP contribution in [0.15, 0.2) is 54.2 Å². The average Bonchev–Trinajstić information content (AvgIpc) is 3.04. The fraction of sp³-hybridized carbons (Fsp3) is 0.320. The molecule has 2 aromatic carbocycles. The van der Waals surface area contributed by atoms with Crippen molar-refractivity contribution < 1.29 is 19.5 Å². The number of amides is 3. The first kappa shape index (κ1) is 21.8. The lowest BCUT2D eigenvalue weighted by molar-refractivity contribution is -0.121. The largest absolute Gasteiger partial charge is 0.396 e. The van der Waals surface area contributed by atoms with Gasteiger partial charge in [-0.1, -0.05) is 30.3 Å². The van der Waals surface area contributed by atoms with Crippen LogP contribution < -0.4 is 10.2 Å². The first-order valence-corrected chi connectivity index (χ1v) is 10.8. The van der Waals surface area contributed by atoms with Crippen LogP contribution in [0.1, 0.15) is 30.9 Å². The first-order valence-electron chi connectivity index (χ1n) is 10.8. The highest BCUT2D eigenvalue weighted by Crippen LogP contribution is 2.37. The Morgan fingerprint density at radius 2 is 1.81 bits per heavy atom. The van der Waals surface area contributed by atoms with Crippen molar-refractivity contribution >= 4 is 34.7 Å². The lowest BCUT2D eigenvalue weighted by Gasteiger charge is -2.34. The summed E-state index contributed by atoms with van der Waals surface area (Å²) in [6.45, 7) is 4.54. The highest BCUT2D eigenvalue weighted by molar-refractivity contribution is 6.45. The van der Waals surface area contributed by atoms with Gasteiger partial charge in [0.25, 0.3) is 11.8 Å². The SMILES string of the molecule is CC(=O)Nc1ccc(C2=C(N3CCCC(CO)C3)C(=O)N(c3ccccc3C)C2=O)cc1. The number of benzene rings is 2. The van der Waals surface area contributed by atoms with Crippen LogP contribution in [0, 0.1) is 12.8 Å². The van der Waals surface area contributed by atoms with Gasteiger partial charge in [0, 0.05) is 32.3 Å². The summed E-state index contributed by atoms with van der Waals surface area (Å²) in [6, 6.07) is 14.3. The number of aryl methyl sites for hydroxylation is 1. The molecule has 2 aliphatic heterocycles. The number of aliphatic hydroxyl groups excluding tert-OH is 1. The van der Waals surface area contributed by atoms with Crippen LogP contribution in [-0.4, -0.2) is 47.4 Å². The quantitative estimate of drug-likeness (QED) is 0.708. The normalized spacial score (nSPS) is 19.0. The minimum absolute atomic E-state index is 0.0498. The van der Waals surface area contributed by atoms with Crippen molar-refractivity contribution in [2.75, 3.05) is 29.9 Å². The van der Waals surface area contributed by atoms with E-state index in [1.54, 1.807) is 30.3 Å². The molecule has 3 amide bonds. The Balaban J connectivity index is 1.79. The van der Waals surface area contributed by atoms with E-state index in [9.17, 15) is 19.5 Å². The Kier molecular flexibility index (Phi) is 6.10. The molecule has 7 heteroatoms. The molecule has 0 radical (unpaired) electrons. The minimum Gasteiger partial charge on any atom is -0.396 e. The molecule has 0 bridgehead atoms. The van der Waals surface area contributed by atoms with Gasteiger partial charge < -0.3 is 15.3 Å². The van der Waals surface area contributed by atoms with Gasteiger partial charge in [-0.15, -0.1) is 0 Å². The summed E-state index contributed by atoms with van der Waals surface area (Å²) in [7, 11) is 0. The third-order valence-electron chi connectivity index (χ3n) is 6.00. The number of carbonyl (C=O) groups is 3. The molecular formula is C25H27N3O4. The smallest absolute Gasteiger partial charge is 0.282 e. The minimum atomic E-state index is -0.363. The highest BCUT2D eigenvalue weighted by Gasteiger charge is 2.43. The second kappa shape index (κ2) is 8.96. The number of para-hydroxylation sites is 1. The van der Waals surface area contributed by atoms with Gasteiger partial charge in [0.15, 0.2) is 0 Å². The van der Waals surface area contributed by atoms with Gasteiger partial charge in [0.1, 0.15) is 5.70 Å². The number of hydrogen-bond donors (Lipinski definition) is 2. The second-order valence-corrected chi connectivity index (χ2v) is 8.35. The van der Waals surface area contributed by atoms with Gasteiger partial charge in [0.2, 0.25) is 5.91 Å². The number of carbonyl (C=O) groups excluding carboxylic acids is 3. The van der Waals surface area contributed by atoms with E-state index < -0.39 is 0 Å². The van der Waals surface area contributed by atoms with Crippen molar-refractivity contribution in [3.8, 4) is 0 Å². The molecule has 0 aromatic heterocycles. The molecule has 1 unspecified atom stereocenters. The summed E-state index contributed by atoms with van der Waals surface area (Å²) in [5.74, 6) is -0.824. The molecule has 0 aliphatic carbocycles. The molecule has 1 saturated heterocycles. The Bertz CT molecular complexity index is 1090. The molecule has 166 valence electrons. The van der Waals surface area contributed by atoms with E-state index in [1.807, 2.05) is 30.0 Å². The predicted molar refractivity (Wildman–Crippen MR) is 123 cm³/mol. The van der Waals surface area contributed by atoms with E-state index in [0.717, 1.165) is 18.4 Å². The molecule has 2 N–H and O–H groups in total. The predicted octanol–water partition coefficient (Wildman–Crippen LogP) is 2.94. The molecule has 7 nitrogen and oxygen atoms in total. The van der Waals surface area contributed by atoms with Gasteiger partial charge in [0.05, 0.1) is 11.3 Å². The molecule has 32 heavy (non-hydrogen) atoms. The van der Waals surface area contributed by atoms with Crippen molar-refractivity contribution in [3.05, 3.63) is 65.4 Å². The van der Waals surface area contributed by atoms with Crippen molar-refractivity contribution in [2.45, 2.75) is 26.7 Å². The summed E-state index contributed by atoms with van der Waals surface area (Å²) in [4.78, 5) is 41.8. The lowest BCUT2D eigenvalue weighted by Crippen LogP contribution is -2.40. The molecule has 0 spiro atoms. The number of nitrogens with zero attached hydrogens (tertiary/aromatic N) is 2. The zero-order valence-electron chi connectivity index (χ0n) is 18.3. The Morgan fingerprint density at radius 1 is 1.09 bits per heavy atom. The Labute approximate surface area is 187 Å². The molecule has 4 rings (SSSR count).